The molecular weight excluding hydrogens is 328 g/mol. The first-order chi connectivity index (χ1) is 12.7. The highest BCUT2D eigenvalue weighted by Gasteiger charge is 2.27. The smallest absolute Gasteiger partial charge is 0.245 e. The minimum atomic E-state index is -0.556. The van der Waals surface area contributed by atoms with E-state index in [1.165, 1.54) is 11.1 Å². The third-order valence-corrected chi connectivity index (χ3v) is 4.82. The molecule has 0 radical (unpaired) electrons. The molecule has 2 aromatic carbocycles. The van der Waals surface area contributed by atoms with Gasteiger partial charge in [0.25, 0.3) is 0 Å². The van der Waals surface area contributed by atoms with Crippen molar-refractivity contribution in [3.8, 4) is 11.1 Å². The molecule has 2 atom stereocenters. The zero-order chi connectivity index (χ0) is 17.9. The van der Waals surface area contributed by atoms with E-state index in [1.807, 2.05) is 23.1 Å². The van der Waals surface area contributed by atoms with Gasteiger partial charge in [-0.05, 0) is 33.5 Å². The summed E-state index contributed by atoms with van der Waals surface area (Å²) in [5, 5.41) is 22.1. The van der Waals surface area contributed by atoms with Gasteiger partial charge >= 0.3 is 0 Å². The Morgan fingerprint density at radius 2 is 1.77 bits per heavy atom. The molecule has 2 heterocycles. The lowest BCUT2D eigenvalue weighted by molar-refractivity contribution is 0.131. The third-order valence-electron chi connectivity index (χ3n) is 4.82. The Labute approximate surface area is 152 Å². The lowest BCUT2D eigenvalue weighted by Gasteiger charge is -2.34. The highest BCUT2D eigenvalue weighted by molar-refractivity contribution is 5.63. The van der Waals surface area contributed by atoms with Gasteiger partial charge in [-0.1, -0.05) is 59.7 Å². The van der Waals surface area contributed by atoms with Crippen LogP contribution in [0.25, 0.3) is 11.1 Å². The second kappa shape index (κ2) is 7.23. The standard InChI is InChI=1S/C19H22N6O/c20-17-10-11-24(13-18(17)26)19-21-22-23-25(19)12-14-6-8-16(9-7-14)15-4-2-1-3-5-15/h1-9,17-18,26H,10-13,20H2/t17-,18-/m1/s1. The molecule has 0 amide bonds. The molecule has 0 saturated carbocycles. The lowest BCUT2D eigenvalue weighted by Crippen LogP contribution is -2.51. The summed E-state index contributed by atoms with van der Waals surface area (Å²) >= 11 is 0. The average molecular weight is 350 g/mol. The predicted octanol–water partition coefficient (Wildman–Crippen LogP) is 1.29. The Morgan fingerprint density at radius 3 is 2.50 bits per heavy atom. The first kappa shape index (κ1) is 16.7. The Kier molecular flexibility index (Phi) is 4.64. The number of nitrogens with two attached hydrogens (primary N) is 1. The number of hydrogen-bond donors (Lipinski definition) is 2. The maximum atomic E-state index is 10.0. The van der Waals surface area contributed by atoms with Crippen molar-refractivity contribution in [2.45, 2.75) is 25.1 Å². The van der Waals surface area contributed by atoms with Gasteiger partial charge < -0.3 is 15.7 Å². The number of anilines is 1. The van der Waals surface area contributed by atoms with E-state index in [4.69, 9.17) is 5.73 Å². The molecule has 3 N–H and O–H groups in total. The zero-order valence-corrected chi connectivity index (χ0v) is 14.4. The summed E-state index contributed by atoms with van der Waals surface area (Å²) < 4.78 is 1.76. The predicted molar refractivity (Wildman–Crippen MR) is 99.6 cm³/mol. The van der Waals surface area contributed by atoms with Crippen LogP contribution in [0.4, 0.5) is 5.95 Å². The van der Waals surface area contributed by atoms with E-state index >= 15 is 0 Å². The Balaban J connectivity index is 1.49. The number of rotatable bonds is 4. The minimum Gasteiger partial charge on any atom is -0.390 e. The summed E-state index contributed by atoms with van der Waals surface area (Å²) in [5.74, 6) is 0.670. The molecule has 1 aliphatic heterocycles. The fourth-order valence-electron chi connectivity index (χ4n) is 3.27. The van der Waals surface area contributed by atoms with Gasteiger partial charge in [0.15, 0.2) is 0 Å². The number of aromatic nitrogens is 4. The molecule has 7 nitrogen and oxygen atoms in total. The number of aliphatic hydroxyl groups excluding tert-OH is 1. The van der Waals surface area contributed by atoms with Crippen LogP contribution >= 0.6 is 0 Å². The van der Waals surface area contributed by atoms with Crippen LogP contribution in [0.2, 0.25) is 0 Å². The van der Waals surface area contributed by atoms with Crippen LogP contribution < -0.4 is 10.6 Å². The quantitative estimate of drug-likeness (QED) is 0.736. The summed E-state index contributed by atoms with van der Waals surface area (Å²) in [7, 11) is 0. The molecule has 0 aliphatic carbocycles. The number of nitrogens with zero attached hydrogens (tertiary/aromatic N) is 5. The van der Waals surface area contributed by atoms with Gasteiger partial charge in [-0.3, -0.25) is 0 Å². The molecule has 0 bridgehead atoms. The Morgan fingerprint density at radius 1 is 1.04 bits per heavy atom. The molecule has 1 aliphatic rings. The second-order valence-corrected chi connectivity index (χ2v) is 6.67. The van der Waals surface area contributed by atoms with Gasteiger partial charge in [-0.25, -0.2) is 4.68 Å². The van der Waals surface area contributed by atoms with Crippen LogP contribution in [0, 0.1) is 0 Å². The van der Waals surface area contributed by atoms with Gasteiger partial charge in [0, 0.05) is 19.1 Å². The monoisotopic (exact) mass is 350 g/mol. The van der Waals surface area contributed by atoms with E-state index in [0.29, 0.717) is 19.0 Å². The number of β-amino-alcohol motifs (C(OH)–C–C–N with tert-alkyl or cyclic N) is 1. The topological polar surface area (TPSA) is 93.1 Å². The molecule has 1 fully saturated rings. The maximum Gasteiger partial charge on any atom is 0.245 e. The fraction of sp³-hybridized carbons (Fsp3) is 0.316. The summed E-state index contributed by atoms with van der Waals surface area (Å²) in [6.07, 6.45) is 0.166. The SMILES string of the molecule is N[C@@H]1CCN(c2nnnn2Cc2ccc(-c3ccccc3)cc2)C[C@H]1O. The van der Waals surface area contributed by atoms with Crippen molar-refractivity contribution >= 4 is 5.95 Å². The molecule has 4 rings (SSSR count). The van der Waals surface area contributed by atoms with Crippen molar-refractivity contribution in [3.63, 3.8) is 0 Å². The number of aliphatic hydroxyl groups is 1. The summed E-state index contributed by atoms with van der Waals surface area (Å²) in [6.45, 7) is 1.77. The van der Waals surface area contributed by atoms with Crippen molar-refractivity contribution in [1.29, 1.82) is 0 Å². The van der Waals surface area contributed by atoms with Crippen molar-refractivity contribution in [1.82, 2.24) is 20.2 Å². The molecule has 0 unspecified atom stereocenters. The zero-order valence-electron chi connectivity index (χ0n) is 14.4. The largest absolute Gasteiger partial charge is 0.390 e. The molecule has 1 saturated heterocycles. The second-order valence-electron chi connectivity index (χ2n) is 6.67. The van der Waals surface area contributed by atoms with Gasteiger partial charge in [-0.2, -0.15) is 0 Å². The average Bonchev–Trinajstić information content (AvgIpc) is 3.13. The molecule has 3 aromatic rings. The van der Waals surface area contributed by atoms with Gasteiger partial charge in [0.05, 0.1) is 12.6 Å². The minimum absolute atomic E-state index is 0.180. The molecule has 7 heteroatoms. The number of benzene rings is 2. The van der Waals surface area contributed by atoms with E-state index in [1.54, 1.807) is 4.68 Å². The number of piperidine rings is 1. The Bertz CT molecular complexity index is 848. The first-order valence-corrected chi connectivity index (χ1v) is 8.80. The maximum absolute atomic E-state index is 10.0. The normalized spacial score (nSPS) is 20.3. The summed E-state index contributed by atoms with van der Waals surface area (Å²) in [4.78, 5) is 1.99. The van der Waals surface area contributed by atoms with Crippen LogP contribution in [0.5, 0.6) is 0 Å². The lowest BCUT2D eigenvalue weighted by atomic mass is 10.0. The van der Waals surface area contributed by atoms with Crippen LogP contribution in [0.1, 0.15) is 12.0 Å². The fourth-order valence-corrected chi connectivity index (χ4v) is 3.27. The van der Waals surface area contributed by atoms with Crippen molar-refractivity contribution in [2.75, 3.05) is 18.0 Å². The van der Waals surface area contributed by atoms with Crippen molar-refractivity contribution < 1.29 is 5.11 Å². The van der Waals surface area contributed by atoms with E-state index in [2.05, 4.69) is 51.9 Å². The van der Waals surface area contributed by atoms with Crippen LogP contribution in [-0.2, 0) is 6.54 Å². The molecule has 0 spiro atoms. The molecular formula is C19H22N6O. The van der Waals surface area contributed by atoms with Crippen LogP contribution in [0.15, 0.2) is 54.6 Å². The van der Waals surface area contributed by atoms with E-state index < -0.39 is 6.10 Å². The van der Waals surface area contributed by atoms with Gasteiger partial charge in [0.1, 0.15) is 0 Å². The molecule has 26 heavy (non-hydrogen) atoms. The van der Waals surface area contributed by atoms with Crippen molar-refractivity contribution in [2.24, 2.45) is 5.73 Å². The molecule has 1 aromatic heterocycles. The number of hydrogen-bond acceptors (Lipinski definition) is 6. The Hall–Kier alpha value is -2.77. The van der Waals surface area contributed by atoms with E-state index in [9.17, 15) is 5.11 Å². The van der Waals surface area contributed by atoms with E-state index in [-0.39, 0.29) is 6.04 Å². The third kappa shape index (κ3) is 3.44. The highest BCUT2D eigenvalue weighted by atomic mass is 16.3. The highest BCUT2D eigenvalue weighted by Crippen LogP contribution is 2.21. The van der Waals surface area contributed by atoms with E-state index in [0.717, 1.165) is 18.5 Å². The van der Waals surface area contributed by atoms with Gasteiger partial charge in [-0.15, -0.1) is 0 Å². The summed E-state index contributed by atoms with van der Waals surface area (Å²) in [5.41, 5.74) is 9.38. The van der Waals surface area contributed by atoms with Crippen LogP contribution in [-0.4, -0.2) is 50.5 Å². The molecule has 134 valence electrons. The summed E-state index contributed by atoms with van der Waals surface area (Å²) in [6, 6.07) is 18.5. The van der Waals surface area contributed by atoms with Crippen LogP contribution in [0.3, 0.4) is 0 Å². The van der Waals surface area contributed by atoms with Crippen molar-refractivity contribution in [3.05, 3.63) is 60.2 Å². The number of tetrazole rings is 1. The van der Waals surface area contributed by atoms with Gasteiger partial charge in [0.2, 0.25) is 5.95 Å². The first-order valence-electron chi connectivity index (χ1n) is 8.80.